The van der Waals surface area contributed by atoms with Crippen LogP contribution < -0.4 is 10.6 Å². The van der Waals surface area contributed by atoms with Crippen molar-refractivity contribution in [2.75, 3.05) is 6.54 Å². The molecular weight excluding hydrogens is 386 g/mol. The summed E-state index contributed by atoms with van der Waals surface area (Å²) in [6.07, 6.45) is 3.87. The fraction of sp³-hybridized carbons (Fsp3) is 0.421. The zero-order valence-corrected chi connectivity index (χ0v) is 16.6. The van der Waals surface area contributed by atoms with Crippen LogP contribution in [0.2, 0.25) is 0 Å². The highest BCUT2D eigenvalue weighted by Gasteiger charge is 2.27. The third-order valence-electron chi connectivity index (χ3n) is 4.81. The molecule has 1 aliphatic carbocycles. The van der Waals surface area contributed by atoms with Gasteiger partial charge in [0.05, 0.1) is 11.4 Å². The van der Waals surface area contributed by atoms with Crippen LogP contribution in [0.5, 0.6) is 0 Å². The monoisotopic (exact) mass is 409 g/mol. The molecule has 1 saturated carbocycles. The zero-order valence-electron chi connectivity index (χ0n) is 16.6. The summed E-state index contributed by atoms with van der Waals surface area (Å²) in [7, 11) is 0. The number of rotatable bonds is 9. The van der Waals surface area contributed by atoms with Gasteiger partial charge >= 0.3 is 0 Å². The van der Waals surface area contributed by atoms with Gasteiger partial charge in [0.15, 0.2) is 11.5 Å². The Morgan fingerprint density at radius 1 is 1.13 bits per heavy atom. The number of H-pyrrole nitrogens is 1. The first-order chi connectivity index (χ1) is 14.7. The number of nitrogens with one attached hydrogen (secondary N) is 3. The Kier molecular flexibility index (Phi) is 5.77. The van der Waals surface area contributed by atoms with Gasteiger partial charge in [0.2, 0.25) is 0 Å². The molecule has 30 heavy (non-hydrogen) atoms. The number of nitrogens with zero attached hydrogens (tertiary/aromatic N) is 6. The number of hydrogen-bond donors (Lipinski definition) is 3. The number of hydrogen-bond acceptors (Lipinski definition) is 7. The van der Waals surface area contributed by atoms with Gasteiger partial charge in [0, 0.05) is 24.6 Å². The van der Waals surface area contributed by atoms with Crippen molar-refractivity contribution in [3.63, 3.8) is 0 Å². The highest BCUT2D eigenvalue weighted by atomic mass is 16.2. The molecule has 0 aliphatic heterocycles. The van der Waals surface area contributed by atoms with Gasteiger partial charge in [-0.15, -0.1) is 15.3 Å². The molecule has 1 aliphatic rings. The minimum Gasteiger partial charge on any atom is -0.352 e. The summed E-state index contributed by atoms with van der Waals surface area (Å²) < 4.78 is 1.65. The topological polar surface area (TPSA) is 143 Å². The first kappa shape index (κ1) is 19.7. The smallest absolute Gasteiger partial charge is 0.273 e. The van der Waals surface area contributed by atoms with E-state index in [9.17, 15) is 9.59 Å². The molecule has 2 aromatic heterocycles. The molecule has 3 aromatic rings. The first-order valence-electron chi connectivity index (χ1n) is 10.0. The van der Waals surface area contributed by atoms with Crippen LogP contribution in [0.3, 0.4) is 0 Å². The molecule has 2 heterocycles. The third kappa shape index (κ3) is 4.50. The Labute approximate surface area is 172 Å². The van der Waals surface area contributed by atoms with Gasteiger partial charge in [-0.05, 0) is 56.9 Å². The molecule has 0 radical (unpaired) electrons. The summed E-state index contributed by atoms with van der Waals surface area (Å²) in [5.41, 5.74) is 2.33. The Morgan fingerprint density at radius 3 is 2.60 bits per heavy atom. The molecule has 11 nitrogen and oxygen atoms in total. The van der Waals surface area contributed by atoms with Gasteiger partial charge < -0.3 is 10.6 Å². The molecule has 0 bridgehead atoms. The van der Waals surface area contributed by atoms with E-state index in [2.05, 4.69) is 41.6 Å². The van der Waals surface area contributed by atoms with Gasteiger partial charge in [-0.3, -0.25) is 9.59 Å². The maximum absolute atomic E-state index is 12.6. The lowest BCUT2D eigenvalue weighted by atomic mass is 10.1. The lowest BCUT2D eigenvalue weighted by Crippen LogP contribution is -2.27. The summed E-state index contributed by atoms with van der Waals surface area (Å²) in [6, 6.07) is 7.28. The Morgan fingerprint density at radius 2 is 1.93 bits per heavy atom. The van der Waals surface area contributed by atoms with Crippen molar-refractivity contribution in [1.82, 2.24) is 46.3 Å². The predicted octanol–water partition coefficient (Wildman–Crippen LogP) is 0.598. The lowest BCUT2D eigenvalue weighted by Gasteiger charge is -2.09. The molecule has 0 saturated heterocycles. The van der Waals surface area contributed by atoms with Crippen molar-refractivity contribution in [3.05, 3.63) is 47.0 Å². The second-order valence-electron chi connectivity index (χ2n) is 7.13. The predicted molar refractivity (Wildman–Crippen MR) is 106 cm³/mol. The molecule has 0 unspecified atom stereocenters. The molecule has 2 amide bonds. The second-order valence-corrected chi connectivity index (χ2v) is 7.13. The molecule has 0 spiro atoms. The first-order valence-corrected chi connectivity index (χ1v) is 10.0. The maximum Gasteiger partial charge on any atom is 0.273 e. The molecule has 4 rings (SSSR count). The van der Waals surface area contributed by atoms with E-state index < -0.39 is 0 Å². The normalized spacial score (nSPS) is 13.2. The quantitative estimate of drug-likeness (QED) is 0.469. The Balaban J connectivity index is 1.56. The standard InChI is InChI=1S/C19H23N9O2/c1-2-20-18(29)12-6-10-14(11-7-12)28-15(4-3-5-16-22-25-26-23-16)17(24-27-28)19(30)21-13-8-9-13/h6-7,10-11,13H,2-5,8-9H2,1H3,(H,20,29)(H,21,30)(H,22,23,25,26). The van der Waals surface area contributed by atoms with E-state index >= 15 is 0 Å². The molecule has 1 aromatic carbocycles. The highest BCUT2D eigenvalue weighted by molar-refractivity contribution is 5.94. The Hall–Kier alpha value is -3.63. The molecule has 11 heteroatoms. The van der Waals surface area contributed by atoms with E-state index in [0.717, 1.165) is 18.5 Å². The van der Waals surface area contributed by atoms with E-state index in [4.69, 9.17) is 0 Å². The minimum atomic E-state index is -0.211. The van der Waals surface area contributed by atoms with Crippen LogP contribution >= 0.6 is 0 Å². The SMILES string of the molecule is CCNC(=O)c1ccc(-n2nnc(C(=O)NC3CC3)c2CCCc2nn[nH]n2)cc1. The van der Waals surface area contributed by atoms with Crippen LogP contribution in [0.15, 0.2) is 24.3 Å². The van der Waals surface area contributed by atoms with Crippen molar-refractivity contribution in [2.45, 2.75) is 45.1 Å². The number of carbonyl (C=O) groups excluding carboxylic acids is 2. The number of carbonyl (C=O) groups is 2. The second kappa shape index (κ2) is 8.80. The van der Waals surface area contributed by atoms with Gasteiger partial charge in [0.1, 0.15) is 0 Å². The number of tetrazole rings is 1. The molecule has 1 fully saturated rings. The largest absolute Gasteiger partial charge is 0.352 e. The van der Waals surface area contributed by atoms with Crippen molar-refractivity contribution >= 4 is 11.8 Å². The van der Waals surface area contributed by atoms with E-state index in [1.807, 2.05) is 6.92 Å². The lowest BCUT2D eigenvalue weighted by molar-refractivity contribution is 0.0940. The average molecular weight is 409 g/mol. The summed E-state index contributed by atoms with van der Waals surface area (Å²) in [4.78, 5) is 24.6. The highest BCUT2D eigenvalue weighted by Crippen LogP contribution is 2.21. The fourth-order valence-corrected chi connectivity index (χ4v) is 3.11. The van der Waals surface area contributed by atoms with Crippen LogP contribution in [0.25, 0.3) is 5.69 Å². The zero-order chi connectivity index (χ0) is 20.9. The maximum atomic E-state index is 12.6. The third-order valence-corrected chi connectivity index (χ3v) is 4.81. The number of amides is 2. The number of benzene rings is 1. The number of aromatic nitrogens is 7. The van der Waals surface area contributed by atoms with Crippen LogP contribution in [0.1, 0.15) is 58.6 Å². The van der Waals surface area contributed by atoms with Gasteiger partial charge in [0.25, 0.3) is 11.8 Å². The van der Waals surface area contributed by atoms with E-state index in [1.165, 1.54) is 0 Å². The number of aromatic amines is 1. The van der Waals surface area contributed by atoms with Crippen molar-refractivity contribution in [2.24, 2.45) is 0 Å². The van der Waals surface area contributed by atoms with E-state index in [-0.39, 0.29) is 17.9 Å². The van der Waals surface area contributed by atoms with Gasteiger partial charge in [-0.25, -0.2) is 4.68 Å². The van der Waals surface area contributed by atoms with Crippen molar-refractivity contribution in [1.29, 1.82) is 0 Å². The summed E-state index contributed by atoms with van der Waals surface area (Å²) in [5.74, 6) is 0.272. The van der Waals surface area contributed by atoms with Crippen molar-refractivity contribution in [3.8, 4) is 5.69 Å². The molecule has 156 valence electrons. The van der Waals surface area contributed by atoms with Gasteiger partial charge in [-0.2, -0.15) is 5.21 Å². The summed E-state index contributed by atoms with van der Waals surface area (Å²) in [6.45, 7) is 2.43. The molecular formula is C19H23N9O2. The Bertz CT molecular complexity index is 1010. The van der Waals surface area contributed by atoms with Crippen LogP contribution in [-0.4, -0.2) is 60.0 Å². The van der Waals surface area contributed by atoms with E-state index in [1.54, 1.807) is 28.9 Å². The van der Waals surface area contributed by atoms with Crippen LogP contribution in [0.4, 0.5) is 0 Å². The molecule has 3 N–H and O–H groups in total. The van der Waals surface area contributed by atoms with Crippen molar-refractivity contribution < 1.29 is 9.59 Å². The van der Waals surface area contributed by atoms with Crippen LogP contribution in [-0.2, 0) is 12.8 Å². The fourth-order valence-electron chi connectivity index (χ4n) is 3.11. The molecule has 0 atom stereocenters. The summed E-state index contributed by atoms with van der Waals surface area (Å²) >= 11 is 0. The summed E-state index contributed by atoms with van der Waals surface area (Å²) in [5, 5.41) is 28.0. The van der Waals surface area contributed by atoms with Gasteiger partial charge in [-0.1, -0.05) is 10.4 Å². The average Bonchev–Trinajstić information content (AvgIpc) is 3.24. The number of aryl methyl sites for hydroxylation is 1. The van der Waals surface area contributed by atoms with Crippen LogP contribution in [0, 0.1) is 0 Å². The minimum absolute atomic E-state index is 0.132. The van der Waals surface area contributed by atoms with E-state index in [0.29, 0.717) is 48.6 Å².